The minimum absolute atomic E-state index is 0.0466. The monoisotopic (exact) mass is 354 g/mol. The molecule has 4 heteroatoms. The van der Waals surface area contributed by atoms with Crippen molar-refractivity contribution in [1.82, 2.24) is 10.2 Å². The van der Waals surface area contributed by atoms with Gasteiger partial charge in [-0.3, -0.25) is 4.99 Å². The highest BCUT2D eigenvalue weighted by molar-refractivity contribution is 5.95. The largest absolute Gasteiger partial charge is 0.345 e. The molecule has 0 aromatic rings. The highest BCUT2D eigenvalue weighted by Crippen LogP contribution is 2.13. The molecule has 0 aromatic carbocycles. The Morgan fingerprint density at radius 2 is 1.96 bits per heavy atom. The van der Waals surface area contributed by atoms with Crippen LogP contribution in [0.3, 0.4) is 0 Å². The van der Waals surface area contributed by atoms with Crippen LogP contribution >= 0.6 is 0 Å². The molecule has 142 valence electrons. The van der Waals surface area contributed by atoms with Gasteiger partial charge >= 0.3 is 0 Å². The Morgan fingerprint density at radius 3 is 2.58 bits per heavy atom. The van der Waals surface area contributed by atoms with Gasteiger partial charge in [-0.15, -0.1) is 0 Å². The maximum atomic E-state index is 4.77. The zero-order valence-corrected chi connectivity index (χ0v) is 17.2. The number of nitrogens with zero attached hydrogens (tertiary/aromatic N) is 3. The third kappa shape index (κ3) is 7.26. The van der Waals surface area contributed by atoms with Crippen LogP contribution < -0.4 is 5.32 Å². The summed E-state index contributed by atoms with van der Waals surface area (Å²) in [6.45, 7) is 16.7. The molecule has 1 aliphatic heterocycles. The summed E-state index contributed by atoms with van der Waals surface area (Å²) < 4.78 is 0. The molecular weight excluding hydrogens is 320 g/mol. The van der Waals surface area contributed by atoms with E-state index in [0.29, 0.717) is 5.82 Å². The van der Waals surface area contributed by atoms with Gasteiger partial charge in [0.05, 0.1) is 0 Å². The molecule has 0 aromatic heterocycles. The van der Waals surface area contributed by atoms with Crippen molar-refractivity contribution >= 4 is 12.1 Å². The van der Waals surface area contributed by atoms with E-state index >= 15 is 0 Å². The van der Waals surface area contributed by atoms with Crippen LogP contribution in [0.15, 0.2) is 69.7 Å². The lowest BCUT2D eigenvalue weighted by molar-refractivity contribution is 0.445. The van der Waals surface area contributed by atoms with Gasteiger partial charge in [-0.2, -0.15) is 0 Å². The second-order valence-electron chi connectivity index (χ2n) is 6.58. The fraction of sp³-hybridized carbons (Fsp3) is 0.455. The minimum atomic E-state index is -0.0466. The van der Waals surface area contributed by atoms with Gasteiger partial charge in [0.1, 0.15) is 17.8 Å². The molecule has 0 fully saturated rings. The first-order valence-electron chi connectivity index (χ1n) is 9.40. The first kappa shape index (κ1) is 21.7. The van der Waals surface area contributed by atoms with E-state index in [4.69, 9.17) is 4.99 Å². The second kappa shape index (κ2) is 11.3. The lowest BCUT2D eigenvalue weighted by Gasteiger charge is -2.25. The Hall–Kier alpha value is -2.36. The molecule has 1 N–H and O–H groups in total. The third-order valence-electron chi connectivity index (χ3n) is 4.11. The third-order valence-corrected chi connectivity index (χ3v) is 4.11. The average molecular weight is 355 g/mol. The van der Waals surface area contributed by atoms with Gasteiger partial charge in [-0.25, -0.2) is 4.99 Å². The number of aliphatic imine (C=N–C) groups is 2. The SMILES string of the molecule is C=C(N=C(C=C(C)C)N1/C=C\C/C=C\C=NC1C)NC(C)=C(CC)CC. The Balaban J connectivity index is 3.17. The molecule has 1 atom stereocenters. The number of allylic oxidation sites excluding steroid dienone is 6. The van der Waals surface area contributed by atoms with Crippen LogP contribution in [0.25, 0.3) is 0 Å². The lowest BCUT2D eigenvalue weighted by atomic mass is 10.1. The predicted octanol–water partition coefficient (Wildman–Crippen LogP) is 5.70. The molecule has 0 spiro atoms. The Bertz CT molecular complexity index is 650. The van der Waals surface area contributed by atoms with Crippen LogP contribution in [-0.2, 0) is 0 Å². The van der Waals surface area contributed by atoms with Gasteiger partial charge in [0, 0.05) is 18.1 Å². The van der Waals surface area contributed by atoms with E-state index in [2.05, 4.69) is 87.8 Å². The van der Waals surface area contributed by atoms with E-state index in [9.17, 15) is 0 Å². The molecule has 1 aliphatic rings. The Kier molecular flexibility index (Phi) is 9.42. The molecule has 26 heavy (non-hydrogen) atoms. The average Bonchev–Trinajstić information content (AvgIpc) is 2.67. The lowest BCUT2D eigenvalue weighted by Crippen LogP contribution is -2.32. The van der Waals surface area contributed by atoms with Crippen LogP contribution in [0.4, 0.5) is 0 Å². The molecule has 0 amide bonds. The normalized spacial score (nSPS) is 19.7. The highest BCUT2D eigenvalue weighted by atomic mass is 15.3. The zero-order valence-electron chi connectivity index (χ0n) is 17.2. The molecule has 1 unspecified atom stereocenters. The highest BCUT2D eigenvalue weighted by Gasteiger charge is 2.14. The summed E-state index contributed by atoms with van der Waals surface area (Å²) in [5.41, 5.74) is 3.70. The van der Waals surface area contributed by atoms with Crippen molar-refractivity contribution in [3.63, 3.8) is 0 Å². The molecule has 0 radical (unpaired) electrons. The topological polar surface area (TPSA) is 40.0 Å². The Morgan fingerprint density at radius 1 is 1.27 bits per heavy atom. The van der Waals surface area contributed by atoms with Crippen molar-refractivity contribution in [3.05, 3.63) is 59.7 Å². The molecular formula is C22H34N4. The quantitative estimate of drug-likeness (QED) is 0.491. The van der Waals surface area contributed by atoms with Gasteiger partial charge < -0.3 is 10.2 Å². The maximum absolute atomic E-state index is 4.77. The van der Waals surface area contributed by atoms with Crippen molar-refractivity contribution in [3.8, 4) is 0 Å². The summed E-state index contributed by atoms with van der Waals surface area (Å²) in [5.74, 6) is 1.46. The zero-order chi connectivity index (χ0) is 19.5. The number of hydrogen-bond donors (Lipinski definition) is 1. The van der Waals surface area contributed by atoms with Crippen LogP contribution in [0.1, 0.15) is 60.8 Å². The maximum Gasteiger partial charge on any atom is 0.136 e. The van der Waals surface area contributed by atoms with Crippen molar-refractivity contribution < 1.29 is 0 Å². The van der Waals surface area contributed by atoms with Crippen LogP contribution in [-0.4, -0.2) is 23.1 Å². The summed E-state index contributed by atoms with van der Waals surface area (Å²) in [4.78, 5) is 11.4. The van der Waals surface area contributed by atoms with E-state index in [0.717, 1.165) is 30.8 Å². The molecule has 0 bridgehead atoms. The van der Waals surface area contributed by atoms with Gasteiger partial charge in [0.25, 0.3) is 0 Å². The van der Waals surface area contributed by atoms with Crippen molar-refractivity contribution in [2.75, 3.05) is 0 Å². The summed E-state index contributed by atoms with van der Waals surface area (Å²) >= 11 is 0. The van der Waals surface area contributed by atoms with E-state index in [1.807, 2.05) is 12.3 Å². The number of amidine groups is 1. The standard InChI is InChI=1S/C22H34N4/c1-8-21(9-2)18(5)24-19(6)25-22(16-17(3)4)26-15-13-11-10-12-14-23-20(26)7/h10,12-16,20,24H,6,8-9,11H2,1-5,7H3/b12-10-,15-13-,23-14?,25-22?. The van der Waals surface area contributed by atoms with E-state index in [1.165, 1.54) is 11.1 Å². The summed E-state index contributed by atoms with van der Waals surface area (Å²) in [7, 11) is 0. The number of nitrogens with one attached hydrogen (secondary N) is 1. The van der Waals surface area contributed by atoms with Crippen LogP contribution in [0, 0.1) is 0 Å². The smallest absolute Gasteiger partial charge is 0.136 e. The van der Waals surface area contributed by atoms with Gasteiger partial charge in [0.15, 0.2) is 0 Å². The Labute approximate surface area is 159 Å². The molecule has 1 rings (SSSR count). The number of rotatable bonds is 6. The first-order valence-corrected chi connectivity index (χ1v) is 9.40. The summed E-state index contributed by atoms with van der Waals surface area (Å²) in [5, 5.41) is 3.35. The van der Waals surface area contributed by atoms with Gasteiger partial charge in [-0.1, -0.05) is 43.7 Å². The summed E-state index contributed by atoms with van der Waals surface area (Å²) in [6, 6.07) is 0. The van der Waals surface area contributed by atoms with Gasteiger partial charge in [-0.05, 0) is 59.1 Å². The van der Waals surface area contributed by atoms with Crippen molar-refractivity contribution in [1.29, 1.82) is 0 Å². The first-order chi connectivity index (χ1) is 12.4. The fourth-order valence-corrected chi connectivity index (χ4v) is 2.70. The molecule has 0 aliphatic carbocycles. The minimum Gasteiger partial charge on any atom is -0.345 e. The van der Waals surface area contributed by atoms with E-state index < -0.39 is 0 Å². The second-order valence-corrected chi connectivity index (χ2v) is 6.58. The van der Waals surface area contributed by atoms with Crippen molar-refractivity contribution in [2.24, 2.45) is 9.98 Å². The fourth-order valence-electron chi connectivity index (χ4n) is 2.70. The van der Waals surface area contributed by atoms with Crippen LogP contribution in [0.5, 0.6) is 0 Å². The predicted molar refractivity (Wildman–Crippen MR) is 115 cm³/mol. The molecule has 1 heterocycles. The number of hydrogen-bond acceptors (Lipinski definition) is 3. The van der Waals surface area contributed by atoms with Crippen LogP contribution in [0.2, 0.25) is 0 Å². The molecule has 4 nitrogen and oxygen atoms in total. The van der Waals surface area contributed by atoms with Gasteiger partial charge in [0.2, 0.25) is 0 Å². The molecule has 0 saturated carbocycles. The van der Waals surface area contributed by atoms with Crippen molar-refractivity contribution in [2.45, 2.75) is 67.0 Å². The van der Waals surface area contributed by atoms with E-state index in [-0.39, 0.29) is 6.17 Å². The van der Waals surface area contributed by atoms with E-state index in [1.54, 1.807) is 0 Å². The molecule has 0 saturated heterocycles. The summed E-state index contributed by atoms with van der Waals surface area (Å²) in [6.07, 6.45) is 15.0.